The standard InChI is InChI=1S/C13H24N2S/c1-5-14-10-8-7-9-13(4)15(6-2)12(3)11-16-13/h5-6,12,14H,1-2,7-11H2,3-4H3. The highest BCUT2D eigenvalue weighted by Crippen LogP contribution is 2.42. The van der Waals surface area contributed by atoms with E-state index in [1.165, 1.54) is 25.0 Å². The van der Waals surface area contributed by atoms with E-state index < -0.39 is 0 Å². The molecule has 0 saturated carbocycles. The summed E-state index contributed by atoms with van der Waals surface area (Å²) in [6, 6.07) is 0.624. The van der Waals surface area contributed by atoms with Crippen molar-refractivity contribution in [3.63, 3.8) is 0 Å². The summed E-state index contributed by atoms with van der Waals surface area (Å²) in [5.74, 6) is 1.22. The number of hydrogen-bond acceptors (Lipinski definition) is 3. The third kappa shape index (κ3) is 3.21. The summed E-state index contributed by atoms with van der Waals surface area (Å²) in [5, 5.41) is 3.14. The van der Waals surface area contributed by atoms with E-state index in [1.54, 1.807) is 6.20 Å². The molecule has 0 aromatic heterocycles. The van der Waals surface area contributed by atoms with Crippen molar-refractivity contribution in [1.29, 1.82) is 0 Å². The van der Waals surface area contributed by atoms with Crippen molar-refractivity contribution in [2.45, 2.75) is 44.0 Å². The van der Waals surface area contributed by atoms with Crippen molar-refractivity contribution in [3.8, 4) is 0 Å². The average molecular weight is 240 g/mol. The quantitative estimate of drug-likeness (QED) is 0.688. The fourth-order valence-electron chi connectivity index (χ4n) is 2.28. The predicted molar refractivity (Wildman–Crippen MR) is 74.4 cm³/mol. The maximum absolute atomic E-state index is 3.93. The van der Waals surface area contributed by atoms with Crippen LogP contribution in [0.3, 0.4) is 0 Å². The molecule has 2 nitrogen and oxygen atoms in total. The average Bonchev–Trinajstić information content (AvgIpc) is 2.54. The van der Waals surface area contributed by atoms with Gasteiger partial charge in [0.2, 0.25) is 0 Å². The summed E-state index contributed by atoms with van der Waals surface area (Å²) >= 11 is 2.06. The largest absolute Gasteiger partial charge is 0.391 e. The van der Waals surface area contributed by atoms with Gasteiger partial charge in [-0.1, -0.05) is 13.2 Å². The first-order valence-corrected chi connectivity index (χ1v) is 7.02. The zero-order chi connectivity index (χ0) is 12.0. The van der Waals surface area contributed by atoms with Crippen LogP contribution in [0, 0.1) is 0 Å². The number of hydrogen-bond donors (Lipinski definition) is 1. The Morgan fingerprint density at radius 1 is 1.50 bits per heavy atom. The lowest BCUT2D eigenvalue weighted by Crippen LogP contribution is -2.38. The van der Waals surface area contributed by atoms with Crippen LogP contribution >= 0.6 is 11.8 Å². The third-order valence-electron chi connectivity index (χ3n) is 3.21. The minimum atomic E-state index is 0.259. The zero-order valence-electron chi connectivity index (χ0n) is 10.5. The van der Waals surface area contributed by atoms with E-state index in [0.29, 0.717) is 6.04 Å². The molecule has 3 heteroatoms. The molecule has 0 radical (unpaired) electrons. The first-order chi connectivity index (χ1) is 7.64. The molecule has 1 heterocycles. The number of rotatable bonds is 7. The zero-order valence-corrected chi connectivity index (χ0v) is 11.4. The molecular weight excluding hydrogens is 216 g/mol. The van der Waals surface area contributed by atoms with Crippen LogP contribution in [0.25, 0.3) is 0 Å². The van der Waals surface area contributed by atoms with Crippen LogP contribution in [0.5, 0.6) is 0 Å². The lowest BCUT2D eigenvalue weighted by molar-refractivity contribution is 0.221. The third-order valence-corrected chi connectivity index (χ3v) is 4.90. The second kappa shape index (κ2) is 6.24. The molecule has 1 fully saturated rings. The van der Waals surface area contributed by atoms with Crippen molar-refractivity contribution in [3.05, 3.63) is 25.6 Å². The minimum Gasteiger partial charge on any atom is -0.391 e. The van der Waals surface area contributed by atoms with Gasteiger partial charge in [-0.05, 0) is 45.5 Å². The Morgan fingerprint density at radius 2 is 2.25 bits per heavy atom. The molecule has 1 aliphatic heterocycles. The fourth-order valence-corrected chi connectivity index (χ4v) is 3.73. The molecule has 0 aromatic rings. The normalized spacial score (nSPS) is 29.1. The topological polar surface area (TPSA) is 15.3 Å². The number of nitrogens with zero attached hydrogens (tertiary/aromatic N) is 1. The Balaban J connectivity index is 2.33. The molecule has 1 N–H and O–H groups in total. The first-order valence-electron chi connectivity index (χ1n) is 6.03. The maximum Gasteiger partial charge on any atom is 0.0830 e. The van der Waals surface area contributed by atoms with E-state index in [2.05, 4.69) is 49.0 Å². The number of nitrogens with one attached hydrogen (secondary N) is 1. The minimum absolute atomic E-state index is 0.259. The van der Waals surface area contributed by atoms with Crippen LogP contribution in [0.1, 0.15) is 33.1 Å². The Bertz CT molecular complexity index is 242. The Hall–Kier alpha value is -0.570. The fraction of sp³-hybridized carbons (Fsp3) is 0.692. The summed E-state index contributed by atoms with van der Waals surface area (Å²) < 4.78 is 0. The van der Waals surface area contributed by atoms with Crippen LogP contribution in [0.4, 0.5) is 0 Å². The van der Waals surface area contributed by atoms with Crippen molar-refractivity contribution in [2.24, 2.45) is 0 Å². The lowest BCUT2D eigenvalue weighted by atomic mass is 10.1. The summed E-state index contributed by atoms with van der Waals surface area (Å²) in [6.45, 7) is 13.2. The van der Waals surface area contributed by atoms with Gasteiger partial charge in [0.05, 0.1) is 4.87 Å². The molecule has 1 rings (SSSR count). The predicted octanol–water partition coefficient (Wildman–Crippen LogP) is 3.19. The number of unbranched alkanes of at least 4 members (excludes halogenated alkanes) is 1. The molecule has 1 aliphatic rings. The Morgan fingerprint density at radius 3 is 2.88 bits per heavy atom. The molecule has 0 bridgehead atoms. The van der Waals surface area contributed by atoms with Crippen molar-refractivity contribution < 1.29 is 0 Å². The van der Waals surface area contributed by atoms with Crippen LogP contribution in [0.2, 0.25) is 0 Å². The molecule has 2 atom stereocenters. The Labute approximate surface area is 104 Å². The summed E-state index contributed by atoms with van der Waals surface area (Å²) in [7, 11) is 0. The van der Waals surface area contributed by atoms with Gasteiger partial charge in [-0.3, -0.25) is 0 Å². The Kier molecular flexibility index (Phi) is 5.26. The summed E-state index contributed by atoms with van der Waals surface area (Å²) in [6.07, 6.45) is 7.46. The molecule has 0 aliphatic carbocycles. The van der Waals surface area contributed by atoms with E-state index in [1.807, 2.05) is 6.20 Å². The molecular formula is C13H24N2S. The van der Waals surface area contributed by atoms with Crippen molar-refractivity contribution in [1.82, 2.24) is 10.2 Å². The highest BCUT2D eigenvalue weighted by molar-refractivity contribution is 8.00. The van der Waals surface area contributed by atoms with Crippen LogP contribution < -0.4 is 5.32 Å². The van der Waals surface area contributed by atoms with Gasteiger partial charge in [-0.25, -0.2) is 0 Å². The van der Waals surface area contributed by atoms with Gasteiger partial charge >= 0.3 is 0 Å². The van der Waals surface area contributed by atoms with Crippen molar-refractivity contribution in [2.75, 3.05) is 12.3 Å². The molecule has 92 valence electrons. The van der Waals surface area contributed by atoms with E-state index in [-0.39, 0.29) is 4.87 Å². The smallest absolute Gasteiger partial charge is 0.0830 e. The van der Waals surface area contributed by atoms with E-state index in [4.69, 9.17) is 0 Å². The molecule has 0 spiro atoms. The molecule has 2 unspecified atom stereocenters. The highest BCUT2D eigenvalue weighted by Gasteiger charge is 2.38. The summed E-state index contributed by atoms with van der Waals surface area (Å²) in [5.41, 5.74) is 0. The second-order valence-corrected chi connectivity index (χ2v) is 6.04. The van der Waals surface area contributed by atoms with E-state index in [0.717, 1.165) is 6.54 Å². The monoisotopic (exact) mass is 240 g/mol. The van der Waals surface area contributed by atoms with Crippen LogP contribution in [0.15, 0.2) is 25.6 Å². The molecule has 0 amide bonds. The van der Waals surface area contributed by atoms with Gasteiger partial charge in [0, 0.05) is 18.3 Å². The lowest BCUT2D eigenvalue weighted by Gasteiger charge is -2.35. The van der Waals surface area contributed by atoms with Gasteiger partial charge in [0.1, 0.15) is 0 Å². The van der Waals surface area contributed by atoms with Gasteiger partial charge in [0.25, 0.3) is 0 Å². The van der Waals surface area contributed by atoms with Gasteiger partial charge in [-0.2, -0.15) is 0 Å². The van der Waals surface area contributed by atoms with Gasteiger partial charge in [0.15, 0.2) is 0 Å². The SMILES string of the molecule is C=CNCCCCC1(C)SCC(C)N1C=C. The van der Waals surface area contributed by atoms with E-state index in [9.17, 15) is 0 Å². The first kappa shape index (κ1) is 13.5. The van der Waals surface area contributed by atoms with Crippen molar-refractivity contribution >= 4 is 11.8 Å². The molecule has 0 aromatic carbocycles. The number of thioether (sulfide) groups is 1. The maximum atomic E-state index is 3.93. The van der Waals surface area contributed by atoms with Crippen LogP contribution in [-0.4, -0.2) is 28.1 Å². The second-order valence-electron chi connectivity index (χ2n) is 4.54. The van der Waals surface area contributed by atoms with E-state index >= 15 is 0 Å². The highest BCUT2D eigenvalue weighted by atomic mass is 32.2. The van der Waals surface area contributed by atoms with Crippen LogP contribution in [-0.2, 0) is 0 Å². The van der Waals surface area contributed by atoms with Gasteiger partial charge in [-0.15, -0.1) is 11.8 Å². The molecule has 16 heavy (non-hydrogen) atoms. The summed E-state index contributed by atoms with van der Waals surface area (Å²) in [4.78, 5) is 2.67. The van der Waals surface area contributed by atoms with Gasteiger partial charge < -0.3 is 10.2 Å². The molecule has 1 saturated heterocycles.